The van der Waals surface area contributed by atoms with E-state index in [-0.39, 0.29) is 211 Å². The van der Waals surface area contributed by atoms with Gasteiger partial charge in [0.2, 0.25) is 0 Å². The van der Waals surface area contributed by atoms with Crippen LogP contribution in [0.4, 0.5) is 0 Å². The van der Waals surface area contributed by atoms with Crippen LogP contribution in [0.5, 0.6) is 0 Å². The van der Waals surface area contributed by atoms with Crippen molar-refractivity contribution in [2.24, 2.45) is 0 Å². The van der Waals surface area contributed by atoms with Gasteiger partial charge < -0.3 is 126 Å². The van der Waals surface area contributed by atoms with Gasteiger partial charge in [-0.3, -0.25) is 0 Å². The average molecular weight is 1090 g/mol. The Balaban J connectivity index is -0.0000000121. The third-order valence-electron chi connectivity index (χ3n) is 0. The maximum atomic E-state index is 8.52. The Bertz CT molecular complexity index is 454. The molecule has 0 radical (unpaired) electrons. The zero-order valence-corrected chi connectivity index (χ0v) is 47.9. The molecule has 0 atom stereocenters. The molecule has 0 aliphatic carbocycles. The molecule has 0 spiro atoms. The maximum absolute atomic E-state index is 8.52. The number of hydrogen-bond donors (Lipinski definition) is 0. The van der Waals surface area contributed by atoms with Crippen molar-refractivity contribution in [3.63, 3.8) is 0 Å². The second-order valence-electron chi connectivity index (χ2n) is 2.25. The SMILES string of the molecule is O=[Si]([O-])[O-].O=[Si]([O-])[O-].O=[Si]([O-])[O-].O=[Si]([O-])[O-].O=[Si]([O-])[O-].O=[Si]([O-])[O-].O=[Si]([O-])[O-].O=[Si]([O-])[O-].O=[Si]([O-])[O-].[Al+3].[Al+3].[Mg+2].[Mg+2].[Sr+2].[Sr+2].[Zn+2].[Zn+2]. The van der Waals surface area contributed by atoms with Crippen LogP contribution in [0, 0.1) is 0 Å². The Morgan fingerprint density at radius 2 is 0.227 bits per heavy atom. The van der Waals surface area contributed by atoms with Crippen molar-refractivity contribution in [2.45, 2.75) is 0 Å². The van der Waals surface area contributed by atoms with Crippen LogP contribution in [0.15, 0.2) is 0 Å². The molecule has 0 rings (SSSR count). The van der Waals surface area contributed by atoms with Gasteiger partial charge in [-0.15, -0.1) is 0 Å². The van der Waals surface area contributed by atoms with Crippen LogP contribution in [-0.4, -0.2) is 254 Å². The molecule has 0 aromatic rings. The molecule has 0 bridgehead atoms. The Morgan fingerprint density at radius 1 is 0.227 bits per heavy atom. The molecule has 0 aliphatic rings. The smallest absolute Gasteiger partial charge is 0.672 e. The fraction of sp³-hybridized carbons (Fsp3) is 0. The Morgan fingerprint density at radius 3 is 0.227 bits per heavy atom. The molecule has 44 heteroatoms. The summed E-state index contributed by atoms with van der Waals surface area (Å²) in [6.45, 7) is 0. The van der Waals surface area contributed by atoms with Crippen LogP contribution in [0.2, 0.25) is 0 Å². The van der Waals surface area contributed by atoms with Crippen molar-refractivity contribution in [1.82, 2.24) is 0 Å². The summed E-state index contributed by atoms with van der Waals surface area (Å²) in [5.41, 5.74) is 0. The van der Waals surface area contributed by atoms with E-state index < -0.39 is 82.5 Å². The summed E-state index contributed by atoms with van der Waals surface area (Å²) in [6, 6.07) is 0. The standard InChI is InChI=1S/2Al.2Mg.9O3Si.2Sr.2Zn/c;;;;9*1-4(2)3;;;;/q2*+3;2*+2;9*-2;4*+2. The summed E-state index contributed by atoms with van der Waals surface area (Å²) in [5.74, 6) is 0. The van der Waals surface area contributed by atoms with Crippen LogP contribution in [0.1, 0.15) is 0 Å². The van der Waals surface area contributed by atoms with Crippen molar-refractivity contribution in [1.29, 1.82) is 0 Å². The molecule has 0 aliphatic heterocycles. The van der Waals surface area contributed by atoms with E-state index in [1.807, 2.05) is 0 Å². The topological polar surface area (TPSA) is 569 Å². The van der Waals surface area contributed by atoms with Gasteiger partial charge in [0.25, 0.3) is 0 Å². The molecule has 0 N–H and O–H groups in total. The van der Waals surface area contributed by atoms with E-state index in [0.29, 0.717) is 0 Å². The third-order valence-corrected chi connectivity index (χ3v) is 0. The Kier molecular flexibility index (Phi) is 260. The predicted octanol–water partition coefficient (Wildman–Crippen LogP) is -28.2. The monoisotopic (exact) mass is 1090 g/mol. The Labute approximate surface area is 412 Å². The van der Waals surface area contributed by atoms with Gasteiger partial charge in [-0.25, -0.2) is 0 Å². The van der Waals surface area contributed by atoms with Gasteiger partial charge in [0.15, 0.2) is 0 Å². The Hall–Kier alpha value is 3.36. The number of rotatable bonds is 0. The predicted molar refractivity (Wildman–Crippen MR) is 92.5 cm³/mol. The zero-order valence-electron chi connectivity index (χ0n) is 20.9. The molecule has 27 nitrogen and oxygen atoms in total. The maximum Gasteiger partial charge on any atom is 3.00 e. The summed E-state index contributed by atoms with van der Waals surface area (Å²) < 4.78 is 76.7. The van der Waals surface area contributed by atoms with E-state index in [4.69, 9.17) is 126 Å². The minimum atomic E-state index is -3.63. The fourth-order valence-corrected chi connectivity index (χ4v) is 0. The minimum Gasteiger partial charge on any atom is -0.672 e. The summed E-state index contributed by atoms with van der Waals surface area (Å²) in [7, 11) is -32.7. The largest absolute Gasteiger partial charge is 3.00 e. The van der Waals surface area contributed by atoms with Crippen LogP contribution in [0.3, 0.4) is 0 Å². The first-order chi connectivity index (χ1) is 15.6. The van der Waals surface area contributed by atoms with E-state index in [1.165, 1.54) is 0 Å². The molecule has 0 amide bonds. The van der Waals surface area contributed by atoms with E-state index >= 15 is 0 Å². The normalized spacial score (nSPS) is 4.91. The van der Waals surface area contributed by atoms with Gasteiger partial charge in [0.05, 0.1) is 0 Å². The van der Waals surface area contributed by atoms with Gasteiger partial charge in [0.1, 0.15) is 0 Å². The van der Waals surface area contributed by atoms with Crippen molar-refractivity contribution in [3.8, 4) is 0 Å². The summed E-state index contributed by atoms with van der Waals surface area (Å²) in [4.78, 5) is 153. The molecule has 0 heterocycles. The van der Waals surface area contributed by atoms with Gasteiger partial charge in [-0.05, 0) is 0 Å². The molecule has 0 unspecified atom stereocenters. The number of hydrogen-bond acceptors (Lipinski definition) is 27. The quantitative estimate of drug-likeness (QED) is 0.203. The second kappa shape index (κ2) is 103. The van der Waals surface area contributed by atoms with Crippen molar-refractivity contribution in [2.75, 3.05) is 0 Å². The molecule has 0 fully saturated rings. The molecular weight excluding hydrogens is 1090 g/mol. The van der Waals surface area contributed by atoms with E-state index in [2.05, 4.69) is 0 Å². The van der Waals surface area contributed by atoms with Crippen LogP contribution < -0.4 is 86.3 Å². The van der Waals surface area contributed by atoms with Crippen molar-refractivity contribution < 1.29 is 165 Å². The molecule has 0 saturated carbocycles. The molecule has 0 saturated heterocycles. The minimum absolute atomic E-state index is 0. The van der Waals surface area contributed by atoms with Gasteiger partial charge in [-0.1, -0.05) is 0 Å². The van der Waals surface area contributed by atoms with E-state index in [9.17, 15) is 0 Å². The van der Waals surface area contributed by atoms with Crippen LogP contribution in [-0.2, 0) is 79.1 Å². The van der Waals surface area contributed by atoms with Crippen molar-refractivity contribution >= 4 is 254 Å². The molecule has 0 aromatic heterocycles. The zero-order chi connectivity index (χ0) is 32.2. The molecule has 0 aromatic carbocycles. The second-order valence-corrected chi connectivity index (χ2v) is 6.75. The molecule has 44 heavy (non-hydrogen) atoms. The summed E-state index contributed by atoms with van der Waals surface area (Å²) in [6.07, 6.45) is 0. The average Bonchev–Trinajstić information content (AvgIpc) is 2.39. The first-order valence-corrected chi connectivity index (χ1v) is 16.5. The third kappa shape index (κ3) is 7920. The summed E-state index contributed by atoms with van der Waals surface area (Å²) in [5, 5.41) is 0. The first kappa shape index (κ1) is 110. The molecular formula is Al2Mg2O27Si9Sr2Zn2. The van der Waals surface area contributed by atoms with Gasteiger partial charge in [-0.2, -0.15) is 0 Å². The van der Waals surface area contributed by atoms with Crippen LogP contribution >= 0.6 is 0 Å². The van der Waals surface area contributed by atoms with Gasteiger partial charge in [0, 0.05) is 82.5 Å². The van der Waals surface area contributed by atoms with Crippen LogP contribution in [0.25, 0.3) is 0 Å². The molecule has 216 valence electrons. The summed E-state index contributed by atoms with van der Waals surface area (Å²) >= 11 is 0. The van der Waals surface area contributed by atoms with E-state index in [0.717, 1.165) is 0 Å². The van der Waals surface area contributed by atoms with Crippen molar-refractivity contribution in [3.05, 3.63) is 0 Å². The van der Waals surface area contributed by atoms with Gasteiger partial charge >= 0.3 is 211 Å². The van der Waals surface area contributed by atoms with E-state index in [1.54, 1.807) is 0 Å². The fourth-order valence-electron chi connectivity index (χ4n) is 0. The first-order valence-electron chi connectivity index (χ1n) is 5.51.